The van der Waals surface area contributed by atoms with E-state index in [1.165, 1.54) is 12.8 Å². The van der Waals surface area contributed by atoms with E-state index in [0.29, 0.717) is 12.3 Å². The van der Waals surface area contributed by atoms with Gasteiger partial charge in [0.25, 0.3) is 0 Å². The molecule has 1 saturated carbocycles. The van der Waals surface area contributed by atoms with E-state index >= 15 is 0 Å². The van der Waals surface area contributed by atoms with Gasteiger partial charge in [0.05, 0.1) is 6.04 Å². The Morgan fingerprint density at radius 3 is 2.54 bits per heavy atom. The number of hydrogen-bond donors (Lipinski definition) is 1. The Balaban J connectivity index is 1.89. The first-order valence-corrected chi connectivity index (χ1v) is 8.40. The number of hydrogen-bond acceptors (Lipinski definition) is 4. The van der Waals surface area contributed by atoms with Crippen molar-refractivity contribution in [3.05, 3.63) is 53.5 Å². The van der Waals surface area contributed by atoms with Gasteiger partial charge < -0.3 is 10.2 Å². The molecule has 0 spiro atoms. The van der Waals surface area contributed by atoms with Gasteiger partial charge in [0.15, 0.2) is 0 Å². The molecule has 2 aromatic rings. The van der Waals surface area contributed by atoms with Crippen LogP contribution in [0.2, 0.25) is 0 Å². The van der Waals surface area contributed by atoms with Crippen LogP contribution in [0.3, 0.4) is 0 Å². The fourth-order valence-electron chi connectivity index (χ4n) is 2.75. The summed E-state index contributed by atoms with van der Waals surface area (Å²) in [5.74, 6) is 2.33. The molecular formula is C19H24N4O. The smallest absolute Gasteiger partial charge is 0.217 e. The third-order valence-electron chi connectivity index (χ3n) is 4.18. The molecule has 1 aliphatic rings. The van der Waals surface area contributed by atoms with Gasteiger partial charge >= 0.3 is 0 Å². The number of aromatic nitrogens is 2. The summed E-state index contributed by atoms with van der Waals surface area (Å²) >= 11 is 0. The minimum absolute atomic E-state index is 0.0341. The van der Waals surface area contributed by atoms with Gasteiger partial charge in [-0.2, -0.15) is 0 Å². The number of nitrogens with one attached hydrogen (secondary N) is 1. The van der Waals surface area contributed by atoms with Crippen molar-refractivity contribution in [2.45, 2.75) is 38.1 Å². The highest BCUT2D eigenvalue weighted by Crippen LogP contribution is 2.38. The van der Waals surface area contributed by atoms with E-state index < -0.39 is 0 Å². The average molecular weight is 324 g/mol. The molecule has 1 aromatic carbocycles. The molecule has 5 nitrogen and oxygen atoms in total. The number of carbonyl (C=O) groups is 1. The maximum absolute atomic E-state index is 11.6. The highest BCUT2D eigenvalue weighted by atomic mass is 16.1. The summed E-state index contributed by atoms with van der Waals surface area (Å²) in [5.41, 5.74) is 2.06. The fraction of sp³-hybridized carbons (Fsp3) is 0.421. The summed E-state index contributed by atoms with van der Waals surface area (Å²) in [6, 6.07) is 12.0. The standard InChI is InChI=1S/C19H24N4O/c1-13(24)20-17(14-7-5-4-6-8-14)11-16-12-18(23(2)3)22-19(21-16)15-9-10-15/h4-8,12,15,17H,9-11H2,1-3H3,(H,20,24)/t17-/m1/s1. The summed E-state index contributed by atoms with van der Waals surface area (Å²) in [4.78, 5) is 23.1. The number of anilines is 1. The van der Waals surface area contributed by atoms with Gasteiger partial charge in [0, 0.05) is 45.1 Å². The van der Waals surface area contributed by atoms with Gasteiger partial charge in [-0.25, -0.2) is 9.97 Å². The first-order chi connectivity index (χ1) is 11.5. The van der Waals surface area contributed by atoms with Crippen molar-refractivity contribution in [2.24, 2.45) is 0 Å². The maximum atomic E-state index is 11.6. The monoisotopic (exact) mass is 324 g/mol. The van der Waals surface area contributed by atoms with Crippen molar-refractivity contribution in [3.63, 3.8) is 0 Å². The van der Waals surface area contributed by atoms with Gasteiger partial charge in [-0.05, 0) is 18.4 Å². The number of amides is 1. The lowest BCUT2D eigenvalue weighted by atomic mass is 10.0. The van der Waals surface area contributed by atoms with E-state index in [4.69, 9.17) is 4.98 Å². The molecule has 126 valence electrons. The number of benzene rings is 1. The number of nitrogens with zero attached hydrogens (tertiary/aromatic N) is 3. The zero-order valence-corrected chi connectivity index (χ0v) is 14.5. The van der Waals surface area contributed by atoms with E-state index in [1.807, 2.05) is 55.4 Å². The minimum Gasteiger partial charge on any atom is -0.363 e. The Bertz CT molecular complexity index is 690. The largest absolute Gasteiger partial charge is 0.363 e. The Hall–Kier alpha value is -2.43. The van der Waals surface area contributed by atoms with E-state index in [1.54, 1.807) is 6.92 Å². The summed E-state index contributed by atoms with van der Waals surface area (Å²) in [6.45, 7) is 1.55. The van der Waals surface area contributed by atoms with E-state index in [9.17, 15) is 4.79 Å². The van der Waals surface area contributed by atoms with Crippen LogP contribution >= 0.6 is 0 Å². The van der Waals surface area contributed by atoms with Crippen LogP contribution in [0.5, 0.6) is 0 Å². The molecule has 0 unspecified atom stereocenters. The van der Waals surface area contributed by atoms with Gasteiger partial charge in [-0.15, -0.1) is 0 Å². The van der Waals surface area contributed by atoms with E-state index in [2.05, 4.69) is 10.3 Å². The van der Waals surface area contributed by atoms with Crippen molar-refractivity contribution >= 4 is 11.7 Å². The molecule has 0 saturated heterocycles. The lowest BCUT2D eigenvalue weighted by Crippen LogP contribution is -2.28. The topological polar surface area (TPSA) is 58.1 Å². The van der Waals surface area contributed by atoms with Gasteiger partial charge in [0.2, 0.25) is 5.91 Å². The van der Waals surface area contributed by atoms with Crippen molar-refractivity contribution in [2.75, 3.05) is 19.0 Å². The van der Waals surface area contributed by atoms with Crippen molar-refractivity contribution < 1.29 is 4.79 Å². The summed E-state index contributed by atoms with van der Waals surface area (Å²) in [6.07, 6.45) is 3.00. The molecule has 5 heteroatoms. The predicted octanol–water partition coefficient (Wildman–Crippen LogP) is 2.84. The molecule has 1 fully saturated rings. The van der Waals surface area contributed by atoms with E-state index in [0.717, 1.165) is 22.9 Å². The third-order valence-corrected chi connectivity index (χ3v) is 4.18. The van der Waals surface area contributed by atoms with Crippen molar-refractivity contribution in [1.29, 1.82) is 0 Å². The molecule has 1 atom stereocenters. The molecule has 1 heterocycles. The van der Waals surface area contributed by atoms with Crippen molar-refractivity contribution in [1.82, 2.24) is 15.3 Å². The van der Waals surface area contributed by atoms with Gasteiger partial charge in [-0.3, -0.25) is 4.79 Å². The van der Waals surface area contributed by atoms with E-state index in [-0.39, 0.29) is 11.9 Å². The molecule has 1 aromatic heterocycles. The summed E-state index contributed by atoms with van der Waals surface area (Å²) in [5, 5.41) is 3.04. The molecular weight excluding hydrogens is 300 g/mol. The molecule has 0 bridgehead atoms. The molecule has 1 aliphatic carbocycles. The third kappa shape index (κ3) is 4.10. The first-order valence-electron chi connectivity index (χ1n) is 8.40. The van der Waals surface area contributed by atoms with Crippen LogP contribution in [-0.4, -0.2) is 30.0 Å². The van der Waals surface area contributed by atoms with Crippen LogP contribution in [0.1, 0.15) is 48.8 Å². The predicted molar refractivity (Wildman–Crippen MR) is 95.0 cm³/mol. The Morgan fingerprint density at radius 1 is 1.25 bits per heavy atom. The maximum Gasteiger partial charge on any atom is 0.217 e. The lowest BCUT2D eigenvalue weighted by Gasteiger charge is -2.20. The molecule has 0 aliphatic heterocycles. The first kappa shape index (κ1) is 16.4. The normalized spacial score (nSPS) is 15.0. The van der Waals surface area contributed by atoms with Gasteiger partial charge in [0.1, 0.15) is 11.6 Å². The molecule has 24 heavy (non-hydrogen) atoms. The Kier molecular flexibility index (Phi) is 4.79. The van der Waals surface area contributed by atoms with Crippen LogP contribution in [0, 0.1) is 0 Å². The minimum atomic E-state index is -0.0827. The Morgan fingerprint density at radius 2 is 1.96 bits per heavy atom. The van der Waals surface area contributed by atoms with Crippen LogP contribution < -0.4 is 10.2 Å². The molecule has 1 N–H and O–H groups in total. The molecule has 0 radical (unpaired) electrons. The average Bonchev–Trinajstić information content (AvgIpc) is 3.39. The van der Waals surface area contributed by atoms with Crippen LogP contribution in [0.4, 0.5) is 5.82 Å². The SMILES string of the molecule is CC(=O)N[C@H](Cc1cc(N(C)C)nc(C2CC2)n1)c1ccccc1. The highest BCUT2D eigenvalue weighted by molar-refractivity contribution is 5.73. The van der Waals surface area contributed by atoms with Crippen LogP contribution in [0.25, 0.3) is 0 Å². The second kappa shape index (κ2) is 6.99. The molecule has 1 amide bonds. The number of carbonyl (C=O) groups excluding carboxylic acids is 1. The van der Waals surface area contributed by atoms with Crippen LogP contribution in [-0.2, 0) is 11.2 Å². The second-order valence-corrected chi connectivity index (χ2v) is 6.61. The summed E-state index contributed by atoms with van der Waals surface area (Å²) < 4.78 is 0. The molecule has 3 rings (SSSR count). The quantitative estimate of drug-likeness (QED) is 0.888. The lowest BCUT2D eigenvalue weighted by molar-refractivity contribution is -0.119. The fourth-order valence-corrected chi connectivity index (χ4v) is 2.75. The number of rotatable bonds is 6. The zero-order valence-electron chi connectivity index (χ0n) is 14.5. The van der Waals surface area contributed by atoms with Crippen molar-refractivity contribution in [3.8, 4) is 0 Å². The summed E-state index contributed by atoms with van der Waals surface area (Å²) in [7, 11) is 3.98. The highest BCUT2D eigenvalue weighted by Gasteiger charge is 2.28. The van der Waals surface area contributed by atoms with Gasteiger partial charge in [-0.1, -0.05) is 30.3 Å². The zero-order chi connectivity index (χ0) is 17.1. The van der Waals surface area contributed by atoms with Crippen LogP contribution in [0.15, 0.2) is 36.4 Å². The second-order valence-electron chi connectivity index (χ2n) is 6.61. The Labute approximate surface area is 143 Å².